The number of anilines is 3. The number of rotatable bonds is 9. The highest BCUT2D eigenvalue weighted by Crippen LogP contribution is 2.36. The van der Waals surface area contributed by atoms with Crippen LogP contribution in [0.25, 0.3) is 11.1 Å². The van der Waals surface area contributed by atoms with Crippen LogP contribution < -0.4 is 26.6 Å². The molecule has 0 unspecified atom stereocenters. The van der Waals surface area contributed by atoms with Crippen molar-refractivity contribution in [1.82, 2.24) is 15.5 Å². The number of piperidine rings is 1. The highest BCUT2D eigenvalue weighted by molar-refractivity contribution is 5.94. The van der Waals surface area contributed by atoms with Crippen LogP contribution >= 0.6 is 0 Å². The lowest BCUT2D eigenvalue weighted by molar-refractivity contribution is -0.119. The predicted octanol–water partition coefficient (Wildman–Crippen LogP) is 11.0. The largest absolute Gasteiger partial charge is 0.444 e. The van der Waals surface area contributed by atoms with Gasteiger partial charge in [0.25, 0.3) is 0 Å². The lowest BCUT2D eigenvalue weighted by atomic mass is 9.89. The Morgan fingerprint density at radius 2 is 1.01 bits per heavy atom. The molecule has 0 spiro atoms. The van der Waals surface area contributed by atoms with E-state index in [9.17, 15) is 58.7 Å². The number of hydrogen-bond donors (Lipinski definition) is 5. The second-order valence-electron chi connectivity index (χ2n) is 18.8. The monoisotopic (exact) mass is 996 g/mol. The zero-order valence-electron chi connectivity index (χ0n) is 40.7. The third-order valence-electron chi connectivity index (χ3n) is 11.2. The first kappa shape index (κ1) is 56.7. The molecule has 0 saturated carbocycles. The molecule has 384 valence electrons. The molecule has 11 nitrogen and oxygen atoms in total. The van der Waals surface area contributed by atoms with Crippen molar-refractivity contribution >= 4 is 52.0 Å². The van der Waals surface area contributed by atoms with Gasteiger partial charge in [-0.2, -0.15) is 0 Å². The summed E-state index contributed by atoms with van der Waals surface area (Å²) in [6, 6.07) is 1.81. The number of carbonyl (C=O) groups excluding carboxylic acids is 4. The van der Waals surface area contributed by atoms with Gasteiger partial charge in [-0.15, -0.1) is 0 Å². The summed E-state index contributed by atoms with van der Waals surface area (Å²) in [7, 11) is 0. The number of nitrogens with zero attached hydrogens (tertiary/aromatic N) is 1. The maximum absolute atomic E-state index is 14.8. The van der Waals surface area contributed by atoms with Crippen molar-refractivity contribution in [2.75, 3.05) is 55.2 Å². The van der Waals surface area contributed by atoms with Crippen LogP contribution in [0.4, 0.5) is 61.4 Å². The van der Waals surface area contributed by atoms with Gasteiger partial charge in [-0.1, -0.05) is 53.7 Å². The molecule has 1 saturated heterocycles. The topological polar surface area (TPSA) is 141 Å². The van der Waals surface area contributed by atoms with Crippen molar-refractivity contribution in [1.29, 1.82) is 0 Å². The van der Waals surface area contributed by atoms with Gasteiger partial charge in [0.1, 0.15) is 40.1 Å². The summed E-state index contributed by atoms with van der Waals surface area (Å²) in [6.45, 7) is 17.5. The zero-order valence-corrected chi connectivity index (χ0v) is 40.7. The van der Waals surface area contributed by atoms with Crippen molar-refractivity contribution < 1.29 is 63.4 Å². The quantitative estimate of drug-likeness (QED) is 0.134. The van der Waals surface area contributed by atoms with Gasteiger partial charge < -0.3 is 36.2 Å². The number of hydrogen-bond acceptors (Lipinski definition) is 7. The minimum Gasteiger partial charge on any atom is -0.444 e. The molecule has 0 radical (unpaired) electrons. The molecular formula is C50H61F9N6O5. The molecule has 3 aromatic rings. The molecule has 3 aliphatic rings. The lowest BCUT2D eigenvalue weighted by Gasteiger charge is -2.30. The maximum Gasteiger partial charge on any atom is 0.410 e. The Morgan fingerprint density at radius 1 is 0.586 bits per heavy atom. The average molecular weight is 997 g/mol. The van der Waals surface area contributed by atoms with Crippen LogP contribution in [0.2, 0.25) is 0 Å². The first-order valence-electron chi connectivity index (χ1n) is 23.0. The summed E-state index contributed by atoms with van der Waals surface area (Å²) in [4.78, 5) is 48.6. The third kappa shape index (κ3) is 14.8. The first-order valence-corrected chi connectivity index (χ1v) is 23.0. The second kappa shape index (κ2) is 24.8. The minimum atomic E-state index is -1.18. The van der Waals surface area contributed by atoms with Crippen LogP contribution in [0.15, 0.2) is 30.4 Å². The van der Waals surface area contributed by atoms with Crippen LogP contribution in [0.5, 0.6) is 0 Å². The molecule has 0 aliphatic carbocycles. The molecule has 5 N–H and O–H groups in total. The van der Waals surface area contributed by atoms with Crippen molar-refractivity contribution in [3.63, 3.8) is 0 Å². The molecule has 70 heavy (non-hydrogen) atoms. The Kier molecular flexibility index (Phi) is 20.1. The lowest BCUT2D eigenvalue weighted by Crippen LogP contribution is -2.39. The standard InChI is InChI=1S/C20H25F3N2O3.C15H19F3N2O.C15H17F3N2O/c1-11(2)18(26)24-17-14(22)10-13(21)15(16(17)23)12-6-8-25(9-7-12)19(27)28-20(3,4)5;2*1-8(2)15(21)20-14-11(17)7-10(16)12(13(14)18)9-3-5-19-6-4-9/h6,10-11H,7-9H2,1-5H3,(H,24,26);7-9,19H,3-6H2,1-2H3,(H,20,21);3,7-8,19H,4-6H2,1-2H3,(H,20,21). The summed E-state index contributed by atoms with van der Waals surface area (Å²) in [5.74, 6) is -12.8. The van der Waals surface area contributed by atoms with Gasteiger partial charge in [-0.3, -0.25) is 14.4 Å². The molecule has 3 heterocycles. The number of nitrogens with one attached hydrogen (secondary N) is 5. The minimum absolute atomic E-state index is 0.105. The summed E-state index contributed by atoms with van der Waals surface area (Å²) >= 11 is 0. The number of amides is 4. The molecule has 4 amide bonds. The first-order chi connectivity index (χ1) is 32.7. The summed E-state index contributed by atoms with van der Waals surface area (Å²) in [5.41, 5.74) is -2.49. The summed E-state index contributed by atoms with van der Waals surface area (Å²) in [5, 5.41) is 12.7. The van der Waals surface area contributed by atoms with Gasteiger partial charge in [0.15, 0.2) is 34.9 Å². The Hall–Kier alpha value is -5.89. The fourth-order valence-corrected chi connectivity index (χ4v) is 7.24. The molecule has 3 aliphatic heterocycles. The van der Waals surface area contributed by atoms with Crippen molar-refractivity contribution in [2.45, 2.75) is 99.5 Å². The zero-order chi connectivity index (χ0) is 52.4. The molecule has 0 aromatic heterocycles. The molecule has 1 fully saturated rings. The van der Waals surface area contributed by atoms with E-state index in [-0.39, 0.29) is 36.6 Å². The molecule has 0 atom stereocenters. The molecule has 20 heteroatoms. The average Bonchev–Trinajstić information content (AvgIpc) is 3.28. The van der Waals surface area contributed by atoms with Gasteiger partial charge in [-0.25, -0.2) is 44.3 Å². The molecule has 6 rings (SSSR count). The van der Waals surface area contributed by atoms with Gasteiger partial charge in [0, 0.05) is 61.2 Å². The molecule has 0 bridgehead atoms. The Labute approximate surface area is 402 Å². The van der Waals surface area contributed by atoms with Gasteiger partial charge in [0.05, 0.1) is 11.1 Å². The van der Waals surface area contributed by atoms with Crippen LogP contribution in [0, 0.1) is 70.1 Å². The second-order valence-corrected chi connectivity index (χ2v) is 18.8. The number of ether oxygens (including phenoxy) is 1. The van der Waals surface area contributed by atoms with Crippen molar-refractivity contribution in [3.8, 4) is 0 Å². The molecule has 3 aromatic carbocycles. The Balaban J connectivity index is 0.000000232. The van der Waals surface area contributed by atoms with Crippen LogP contribution in [0.3, 0.4) is 0 Å². The number of halogens is 9. The normalized spacial score (nSPS) is 15.3. The van der Waals surface area contributed by atoms with Crippen LogP contribution in [0.1, 0.15) is 111 Å². The number of benzene rings is 3. The highest BCUT2D eigenvalue weighted by atomic mass is 19.2. The van der Waals surface area contributed by atoms with Crippen LogP contribution in [-0.4, -0.2) is 73.6 Å². The predicted molar refractivity (Wildman–Crippen MR) is 250 cm³/mol. The van der Waals surface area contributed by atoms with Gasteiger partial charge in [-0.05, 0) is 83.2 Å². The van der Waals surface area contributed by atoms with Gasteiger partial charge in [0.2, 0.25) is 17.7 Å². The van der Waals surface area contributed by atoms with E-state index in [1.54, 1.807) is 68.4 Å². The highest BCUT2D eigenvalue weighted by Gasteiger charge is 2.30. The van der Waals surface area contributed by atoms with Crippen molar-refractivity contribution in [3.05, 3.63) is 99.4 Å². The van der Waals surface area contributed by atoms with E-state index in [1.165, 1.54) is 11.0 Å². The van der Waals surface area contributed by atoms with E-state index in [4.69, 9.17) is 4.74 Å². The molecular weight excluding hydrogens is 936 g/mol. The fraction of sp³-hybridized carbons (Fsp3) is 0.480. The van der Waals surface area contributed by atoms with E-state index >= 15 is 0 Å². The van der Waals surface area contributed by atoms with E-state index in [0.717, 1.165) is 0 Å². The third-order valence-corrected chi connectivity index (χ3v) is 11.2. The smallest absolute Gasteiger partial charge is 0.410 e. The Bertz CT molecular complexity index is 2480. The van der Waals surface area contributed by atoms with E-state index < -0.39 is 122 Å². The summed E-state index contributed by atoms with van der Waals surface area (Å²) in [6.07, 6.45) is 4.41. The van der Waals surface area contributed by atoms with E-state index in [0.29, 0.717) is 74.8 Å². The number of carbonyl (C=O) groups is 4. The maximum atomic E-state index is 14.8. The van der Waals surface area contributed by atoms with Crippen molar-refractivity contribution in [2.24, 2.45) is 17.8 Å². The van der Waals surface area contributed by atoms with Crippen LogP contribution in [-0.2, 0) is 19.1 Å². The SMILES string of the molecule is CC(C)C(=O)Nc1c(F)cc(F)c(C2=CCN(C(=O)OC(C)(C)C)CC2)c1F.CC(C)C(=O)Nc1c(F)cc(F)c(C2=CCNCC2)c1F.CC(C)C(=O)Nc1c(F)cc(F)c(C2CCNCC2)c1F. The fourth-order valence-electron chi connectivity index (χ4n) is 7.24. The summed E-state index contributed by atoms with van der Waals surface area (Å²) < 4.78 is 133. The van der Waals surface area contributed by atoms with E-state index in [2.05, 4.69) is 26.6 Å². The Morgan fingerprint density at radius 3 is 1.40 bits per heavy atom. The van der Waals surface area contributed by atoms with Gasteiger partial charge >= 0.3 is 6.09 Å². The van der Waals surface area contributed by atoms with E-state index in [1.807, 2.05) is 0 Å².